The first kappa shape index (κ1) is 15.1. The molecule has 2 nitrogen and oxygen atoms in total. The first-order valence-corrected chi connectivity index (χ1v) is 7.55. The van der Waals surface area contributed by atoms with E-state index in [1.807, 2.05) is 24.3 Å². The molecule has 0 spiro atoms. The van der Waals surface area contributed by atoms with Gasteiger partial charge in [-0.15, -0.1) is 0 Å². The van der Waals surface area contributed by atoms with E-state index < -0.39 is 0 Å². The molecule has 2 aromatic rings. The minimum atomic E-state index is -0.242. The quantitative estimate of drug-likeness (QED) is 0.853. The summed E-state index contributed by atoms with van der Waals surface area (Å²) in [5.74, 6) is -0.484. The zero-order valence-electron chi connectivity index (χ0n) is 12.4. The summed E-state index contributed by atoms with van der Waals surface area (Å²) in [6, 6.07) is 13.2. The van der Waals surface area contributed by atoms with Crippen LogP contribution in [0.3, 0.4) is 0 Å². The Hall–Kier alpha value is -1.78. The lowest BCUT2D eigenvalue weighted by Crippen LogP contribution is -3.10. The molecular weight excluding hydrogens is 282 g/mol. The van der Waals surface area contributed by atoms with Gasteiger partial charge in [0, 0.05) is 13.1 Å². The molecule has 0 aliphatic carbocycles. The van der Waals surface area contributed by atoms with Gasteiger partial charge in [0.1, 0.15) is 11.6 Å². The van der Waals surface area contributed by atoms with Crippen LogP contribution in [0, 0.1) is 18.7 Å². The molecular formula is C18H20F2N2. The van der Waals surface area contributed by atoms with Gasteiger partial charge in [0.15, 0.2) is 0 Å². The number of hydrogen-bond acceptors (Lipinski definition) is 1. The summed E-state index contributed by atoms with van der Waals surface area (Å²) in [5, 5.41) is 0. The van der Waals surface area contributed by atoms with Crippen molar-refractivity contribution in [2.45, 2.75) is 6.04 Å². The van der Waals surface area contributed by atoms with Gasteiger partial charge >= 0.3 is 0 Å². The Morgan fingerprint density at radius 1 is 0.818 bits per heavy atom. The van der Waals surface area contributed by atoms with E-state index in [9.17, 15) is 8.78 Å². The largest absolute Gasteiger partial charge is 0.466 e. The average Bonchev–Trinajstić information content (AvgIpc) is 2.53. The van der Waals surface area contributed by atoms with Crippen LogP contribution >= 0.6 is 0 Å². The molecule has 116 valence electrons. The summed E-state index contributed by atoms with van der Waals surface area (Å²) in [5.41, 5.74) is 2.06. The Morgan fingerprint density at radius 3 is 1.64 bits per heavy atom. The standard InChI is InChI=1S/C18H20F2N2/c1-21-10-12-22(13-11-21)18(14-2-6-16(19)7-3-14)15-4-8-17(20)9-5-15/h2-9,18,21H,1,10-13H2. The fourth-order valence-electron chi connectivity index (χ4n) is 3.00. The molecule has 1 fully saturated rings. The molecule has 0 bridgehead atoms. The molecule has 1 aliphatic rings. The van der Waals surface area contributed by atoms with Crippen LogP contribution < -0.4 is 4.90 Å². The predicted octanol–water partition coefficient (Wildman–Crippen LogP) is 2.05. The third kappa shape index (κ3) is 3.34. The smallest absolute Gasteiger partial charge is 0.123 e. The maximum Gasteiger partial charge on any atom is 0.123 e. The lowest BCUT2D eigenvalue weighted by atomic mass is 9.96. The van der Waals surface area contributed by atoms with Gasteiger partial charge in [0.2, 0.25) is 0 Å². The van der Waals surface area contributed by atoms with Gasteiger partial charge in [-0.25, -0.2) is 8.78 Å². The minimum absolute atomic E-state index is 0.0225. The van der Waals surface area contributed by atoms with E-state index in [4.69, 9.17) is 0 Å². The van der Waals surface area contributed by atoms with Crippen molar-refractivity contribution in [3.8, 4) is 0 Å². The molecule has 0 aromatic heterocycles. The van der Waals surface area contributed by atoms with Crippen molar-refractivity contribution in [1.29, 1.82) is 0 Å². The number of benzene rings is 2. The molecule has 0 unspecified atom stereocenters. The van der Waals surface area contributed by atoms with Crippen molar-refractivity contribution in [3.63, 3.8) is 0 Å². The fourth-order valence-corrected chi connectivity index (χ4v) is 3.00. The van der Waals surface area contributed by atoms with Gasteiger partial charge in [-0.1, -0.05) is 24.3 Å². The zero-order chi connectivity index (χ0) is 15.5. The zero-order valence-corrected chi connectivity index (χ0v) is 12.4. The van der Waals surface area contributed by atoms with Crippen LogP contribution in [0.4, 0.5) is 8.78 Å². The first-order chi connectivity index (χ1) is 10.6. The van der Waals surface area contributed by atoms with Gasteiger partial charge in [0.05, 0.1) is 19.1 Å². The average molecular weight is 302 g/mol. The summed E-state index contributed by atoms with van der Waals surface area (Å²) in [6.45, 7) is 3.77. The molecule has 1 aliphatic heterocycles. The Morgan fingerprint density at radius 2 is 1.23 bits per heavy atom. The molecule has 0 amide bonds. The molecule has 1 saturated heterocycles. The van der Waals surface area contributed by atoms with Gasteiger partial charge in [-0.3, -0.25) is 4.90 Å². The van der Waals surface area contributed by atoms with E-state index in [0.717, 1.165) is 37.3 Å². The number of rotatable bonds is 3. The monoisotopic (exact) mass is 302 g/mol. The van der Waals surface area contributed by atoms with Crippen LogP contribution in [0.2, 0.25) is 0 Å². The summed E-state index contributed by atoms with van der Waals surface area (Å²) in [4.78, 5) is 3.63. The number of piperazine rings is 1. The molecule has 1 heterocycles. The second-order valence-corrected chi connectivity index (χ2v) is 5.79. The Kier molecular flexibility index (Phi) is 4.50. The van der Waals surface area contributed by atoms with Crippen LogP contribution in [0.15, 0.2) is 48.5 Å². The van der Waals surface area contributed by atoms with Crippen LogP contribution in [-0.2, 0) is 0 Å². The van der Waals surface area contributed by atoms with Crippen molar-refractivity contribution in [1.82, 2.24) is 4.90 Å². The van der Waals surface area contributed by atoms with E-state index in [1.165, 1.54) is 29.2 Å². The van der Waals surface area contributed by atoms with Crippen LogP contribution in [0.1, 0.15) is 17.2 Å². The number of quaternary nitrogens is 1. The van der Waals surface area contributed by atoms with Gasteiger partial charge in [-0.2, -0.15) is 7.05 Å². The van der Waals surface area contributed by atoms with E-state index in [2.05, 4.69) is 11.9 Å². The topological polar surface area (TPSA) is 7.68 Å². The molecule has 2 aromatic carbocycles. The highest BCUT2D eigenvalue weighted by atomic mass is 19.1. The summed E-state index contributed by atoms with van der Waals surface area (Å²) in [7, 11) is 4.05. The van der Waals surface area contributed by atoms with Crippen molar-refractivity contribution in [2.75, 3.05) is 26.2 Å². The minimum Gasteiger partial charge on any atom is -0.466 e. The normalized spacial score (nSPS) is 17.1. The molecule has 0 saturated carbocycles. The lowest BCUT2D eigenvalue weighted by molar-refractivity contribution is -0.859. The number of nitrogens with one attached hydrogen (secondary N) is 1. The Labute approximate surface area is 130 Å². The summed E-state index contributed by atoms with van der Waals surface area (Å²) < 4.78 is 26.4. The summed E-state index contributed by atoms with van der Waals surface area (Å²) in [6.07, 6.45) is 0. The predicted molar refractivity (Wildman–Crippen MR) is 82.3 cm³/mol. The molecule has 22 heavy (non-hydrogen) atoms. The van der Waals surface area contributed by atoms with E-state index in [-0.39, 0.29) is 17.7 Å². The number of nitrogens with zero attached hydrogens (tertiary/aromatic N) is 1. The van der Waals surface area contributed by atoms with Gasteiger partial charge in [-0.05, 0) is 35.4 Å². The van der Waals surface area contributed by atoms with Crippen molar-refractivity contribution in [3.05, 3.63) is 78.3 Å². The SMILES string of the molecule is [CH2-][NH+]1CCN(C(c2ccc(F)cc2)c2ccc(F)cc2)CC1. The molecule has 0 atom stereocenters. The first-order valence-electron chi connectivity index (χ1n) is 7.55. The Balaban J connectivity index is 1.94. The van der Waals surface area contributed by atoms with Crippen molar-refractivity contribution >= 4 is 0 Å². The highest BCUT2D eigenvalue weighted by molar-refractivity contribution is 5.32. The van der Waals surface area contributed by atoms with E-state index in [0.29, 0.717) is 0 Å². The van der Waals surface area contributed by atoms with E-state index in [1.54, 1.807) is 0 Å². The van der Waals surface area contributed by atoms with Crippen LogP contribution in [0.25, 0.3) is 0 Å². The fraction of sp³-hybridized carbons (Fsp3) is 0.278. The Bertz CT molecular complexity index is 556. The van der Waals surface area contributed by atoms with Gasteiger partial charge < -0.3 is 4.90 Å². The molecule has 3 rings (SSSR count). The van der Waals surface area contributed by atoms with Crippen LogP contribution in [0.5, 0.6) is 0 Å². The lowest BCUT2D eigenvalue weighted by Gasteiger charge is -2.39. The van der Waals surface area contributed by atoms with Crippen molar-refractivity contribution in [2.24, 2.45) is 0 Å². The third-order valence-electron chi connectivity index (χ3n) is 4.24. The van der Waals surface area contributed by atoms with E-state index >= 15 is 0 Å². The maximum atomic E-state index is 13.2. The number of halogens is 2. The van der Waals surface area contributed by atoms with Crippen molar-refractivity contribution < 1.29 is 13.7 Å². The third-order valence-corrected chi connectivity index (χ3v) is 4.24. The summed E-state index contributed by atoms with van der Waals surface area (Å²) >= 11 is 0. The molecule has 0 radical (unpaired) electrons. The second kappa shape index (κ2) is 6.55. The molecule has 4 heteroatoms. The number of hydrogen-bond donors (Lipinski definition) is 1. The molecule has 1 N–H and O–H groups in total. The van der Waals surface area contributed by atoms with Gasteiger partial charge in [0.25, 0.3) is 0 Å². The highest BCUT2D eigenvalue weighted by Crippen LogP contribution is 2.29. The second-order valence-electron chi connectivity index (χ2n) is 5.79. The maximum absolute atomic E-state index is 13.2. The highest BCUT2D eigenvalue weighted by Gasteiger charge is 2.25. The van der Waals surface area contributed by atoms with Crippen LogP contribution in [-0.4, -0.2) is 31.1 Å².